The van der Waals surface area contributed by atoms with E-state index in [0.717, 1.165) is 39.7 Å². The lowest BCUT2D eigenvalue weighted by Gasteiger charge is -2.07. The molecule has 0 fully saturated rings. The summed E-state index contributed by atoms with van der Waals surface area (Å²) in [5, 5.41) is 1.00. The lowest BCUT2D eigenvalue weighted by Crippen LogP contribution is -2.06. The van der Waals surface area contributed by atoms with Crippen molar-refractivity contribution in [2.75, 3.05) is 0 Å². The number of hydrogen-bond donors (Lipinski definition) is 1. The highest BCUT2D eigenvalue weighted by Crippen LogP contribution is 2.25. The Bertz CT molecular complexity index is 783. The van der Waals surface area contributed by atoms with Crippen molar-refractivity contribution in [3.63, 3.8) is 0 Å². The quantitative estimate of drug-likeness (QED) is 0.703. The predicted octanol–water partition coefficient (Wildman–Crippen LogP) is 4.27. The molecule has 20 heavy (non-hydrogen) atoms. The van der Waals surface area contributed by atoms with Crippen molar-refractivity contribution in [3.8, 4) is 0 Å². The number of fused-ring (bicyclic) bond motifs is 1. The number of benzene rings is 2. The smallest absolute Gasteiger partial charge is 0.195 e. The number of aryl methyl sites for hydroxylation is 2. The zero-order valence-corrected chi connectivity index (χ0v) is 11.7. The molecule has 0 bridgehead atoms. The van der Waals surface area contributed by atoms with Gasteiger partial charge >= 0.3 is 0 Å². The maximum absolute atomic E-state index is 12.9. The highest BCUT2D eigenvalue weighted by molar-refractivity contribution is 6.17. The van der Waals surface area contributed by atoms with Crippen molar-refractivity contribution in [2.45, 2.75) is 20.3 Å². The van der Waals surface area contributed by atoms with E-state index in [2.05, 4.69) is 11.9 Å². The van der Waals surface area contributed by atoms with Gasteiger partial charge in [-0.25, -0.2) is 0 Å². The van der Waals surface area contributed by atoms with Crippen LogP contribution in [0.25, 0.3) is 10.9 Å². The third-order valence-corrected chi connectivity index (χ3v) is 3.76. The number of ketones is 1. The van der Waals surface area contributed by atoms with E-state index in [1.807, 2.05) is 55.5 Å². The van der Waals surface area contributed by atoms with Gasteiger partial charge in [0.05, 0.1) is 5.56 Å². The molecule has 0 saturated heterocycles. The molecule has 3 rings (SSSR count). The number of aromatic nitrogens is 1. The Labute approximate surface area is 118 Å². The van der Waals surface area contributed by atoms with Gasteiger partial charge in [0.2, 0.25) is 0 Å². The maximum Gasteiger partial charge on any atom is 0.195 e. The van der Waals surface area contributed by atoms with E-state index in [4.69, 9.17) is 0 Å². The Balaban J connectivity index is 2.20. The van der Waals surface area contributed by atoms with Crippen LogP contribution in [-0.2, 0) is 6.42 Å². The number of hydrogen-bond acceptors (Lipinski definition) is 1. The van der Waals surface area contributed by atoms with Crippen molar-refractivity contribution in [1.82, 2.24) is 4.98 Å². The fraction of sp³-hybridized carbons (Fsp3) is 0.167. The highest BCUT2D eigenvalue weighted by atomic mass is 16.1. The zero-order chi connectivity index (χ0) is 14.1. The topological polar surface area (TPSA) is 32.9 Å². The summed E-state index contributed by atoms with van der Waals surface area (Å²) in [5.74, 6) is 0.109. The van der Waals surface area contributed by atoms with Gasteiger partial charge < -0.3 is 4.98 Å². The Morgan fingerprint density at radius 2 is 1.75 bits per heavy atom. The van der Waals surface area contributed by atoms with Crippen LogP contribution in [-0.4, -0.2) is 10.8 Å². The molecule has 0 unspecified atom stereocenters. The first kappa shape index (κ1) is 12.7. The van der Waals surface area contributed by atoms with E-state index >= 15 is 0 Å². The predicted molar refractivity (Wildman–Crippen MR) is 82.3 cm³/mol. The van der Waals surface area contributed by atoms with Gasteiger partial charge in [0.25, 0.3) is 0 Å². The second-order valence-electron chi connectivity index (χ2n) is 5.01. The van der Waals surface area contributed by atoms with E-state index in [1.165, 1.54) is 0 Å². The van der Waals surface area contributed by atoms with Crippen LogP contribution in [0.3, 0.4) is 0 Å². The molecule has 1 heterocycles. The largest absolute Gasteiger partial charge is 0.358 e. The van der Waals surface area contributed by atoms with Crippen LogP contribution in [0.2, 0.25) is 0 Å². The molecular formula is C18H17NO. The molecule has 0 aliphatic carbocycles. The molecule has 0 aliphatic rings. The lowest BCUT2D eigenvalue weighted by atomic mass is 9.95. The number of rotatable bonds is 3. The first-order chi connectivity index (χ1) is 9.72. The normalized spacial score (nSPS) is 10.9. The summed E-state index contributed by atoms with van der Waals surface area (Å²) in [5.41, 5.74) is 4.65. The fourth-order valence-electron chi connectivity index (χ4n) is 2.75. The van der Waals surface area contributed by atoms with E-state index in [0.29, 0.717) is 0 Å². The standard InChI is InChI=1S/C18H17NO/c1-3-13-8-4-5-9-14(13)18(20)17-12(2)19-16-11-7-6-10-15(16)17/h4-11,19H,3H2,1-2H3. The van der Waals surface area contributed by atoms with E-state index in [1.54, 1.807) is 0 Å². The van der Waals surface area contributed by atoms with Crippen LogP contribution in [0.15, 0.2) is 48.5 Å². The van der Waals surface area contributed by atoms with E-state index < -0.39 is 0 Å². The number of para-hydroxylation sites is 1. The average Bonchev–Trinajstić information content (AvgIpc) is 2.82. The van der Waals surface area contributed by atoms with Crippen LogP contribution >= 0.6 is 0 Å². The van der Waals surface area contributed by atoms with Crippen LogP contribution in [0.5, 0.6) is 0 Å². The van der Waals surface area contributed by atoms with E-state index in [-0.39, 0.29) is 5.78 Å². The first-order valence-corrected chi connectivity index (χ1v) is 6.92. The minimum atomic E-state index is 0.109. The summed E-state index contributed by atoms with van der Waals surface area (Å²) in [6.45, 7) is 4.04. The Morgan fingerprint density at radius 1 is 1.05 bits per heavy atom. The number of H-pyrrole nitrogens is 1. The summed E-state index contributed by atoms with van der Waals surface area (Å²) in [7, 11) is 0. The monoisotopic (exact) mass is 263 g/mol. The van der Waals surface area contributed by atoms with Gasteiger partial charge in [0.15, 0.2) is 5.78 Å². The number of aromatic amines is 1. The van der Waals surface area contributed by atoms with Gasteiger partial charge in [-0.2, -0.15) is 0 Å². The highest BCUT2D eigenvalue weighted by Gasteiger charge is 2.19. The minimum absolute atomic E-state index is 0.109. The molecular weight excluding hydrogens is 246 g/mol. The first-order valence-electron chi connectivity index (χ1n) is 6.92. The molecule has 1 N–H and O–H groups in total. The molecule has 0 aliphatic heterocycles. The zero-order valence-electron chi connectivity index (χ0n) is 11.7. The molecule has 2 heteroatoms. The maximum atomic E-state index is 12.9. The summed E-state index contributed by atoms with van der Waals surface area (Å²) >= 11 is 0. The Kier molecular flexibility index (Phi) is 3.15. The van der Waals surface area contributed by atoms with Gasteiger partial charge in [0.1, 0.15) is 0 Å². The van der Waals surface area contributed by atoms with Gasteiger partial charge in [-0.1, -0.05) is 49.4 Å². The van der Waals surface area contributed by atoms with Crippen molar-refractivity contribution in [3.05, 3.63) is 70.9 Å². The number of nitrogens with one attached hydrogen (secondary N) is 1. The number of carbonyl (C=O) groups is 1. The van der Waals surface area contributed by atoms with Crippen LogP contribution in [0.4, 0.5) is 0 Å². The van der Waals surface area contributed by atoms with Gasteiger partial charge in [-0.3, -0.25) is 4.79 Å². The molecule has 3 aromatic rings. The molecule has 100 valence electrons. The van der Waals surface area contributed by atoms with Crippen LogP contribution in [0, 0.1) is 6.92 Å². The van der Waals surface area contributed by atoms with Crippen molar-refractivity contribution < 1.29 is 4.79 Å². The SMILES string of the molecule is CCc1ccccc1C(=O)c1c(C)[nH]c2ccccc12. The van der Waals surface area contributed by atoms with Gasteiger partial charge in [0, 0.05) is 22.2 Å². The van der Waals surface area contributed by atoms with Crippen LogP contribution in [0.1, 0.15) is 34.1 Å². The third-order valence-electron chi connectivity index (χ3n) is 3.76. The molecule has 1 aromatic heterocycles. The summed E-state index contributed by atoms with van der Waals surface area (Å²) in [4.78, 5) is 16.2. The summed E-state index contributed by atoms with van der Waals surface area (Å²) in [6, 6.07) is 15.8. The summed E-state index contributed by atoms with van der Waals surface area (Å²) < 4.78 is 0. The Morgan fingerprint density at radius 3 is 2.55 bits per heavy atom. The second-order valence-corrected chi connectivity index (χ2v) is 5.01. The van der Waals surface area contributed by atoms with Gasteiger partial charge in [-0.15, -0.1) is 0 Å². The van der Waals surface area contributed by atoms with Crippen molar-refractivity contribution in [1.29, 1.82) is 0 Å². The number of carbonyl (C=O) groups excluding carboxylic acids is 1. The van der Waals surface area contributed by atoms with Crippen molar-refractivity contribution in [2.24, 2.45) is 0 Å². The average molecular weight is 263 g/mol. The molecule has 0 amide bonds. The summed E-state index contributed by atoms with van der Waals surface area (Å²) in [6.07, 6.45) is 0.864. The van der Waals surface area contributed by atoms with Crippen LogP contribution < -0.4 is 0 Å². The molecule has 0 saturated carbocycles. The molecule has 2 nitrogen and oxygen atoms in total. The molecule has 2 aromatic carbocycles. The Hall–Kier alpha value is -2.35. The molecule has 0 spiro atoms. The van der Waals surface area contributed by atoms with Gasteiger partial charge in [-0.05, 0) is 25.0 Å². The molecule has 0 radical (unpaired) electrons. The fourth-order valence-corrected chi connectivity index (χ4v) is 2.75. The minimum Gasteiger partial charge on any atom is -0.358 e. The molecule has 0 atom stereocenters. The lowest BCUT2D eigenvalue weighted by molar-refractivity contribution is 0.103. The van der Waals surface area contributed by atoms with E-state index in [9.17, 15) is 4.79 Å². The third kappa shape index (κ3) is 1.94. The van der Waals surface area contributed by atoms with Crippen molar-refractivity contribution >= 4 is 16.7 Å². The second kappa shape index (κ2) is 4.97.